The lowest BCUT2D eigenvalue weighted by Gasteiger charge is -2.24. The van der Waals surface area contributed by atoms with Gasteiger partial charge in [-0.15, -0.1) is 0 Å². The summed E-state index contributed by atoms with van der Waals surface area (Å²) in [6.45, 7) is 9.13. The summed E-state index contributed by atoms with van der Waals surface area (Å²) in [5.74, 6) is -0.703. The molecule has 1 unspecified atom stereocenters. The number of hydrogen-bond acceptors (Lipinski definition) is 5. The van der Waals surface area contributed by atoms with Crippen molar-refractivity contribution < 1.29 is 19.1 Å². The summed E-state index contributed by atoms with van der Waals surface area (Å²) >= 11 is 0. The van der Waals surface area contributed by atoms with Crippen LogP contribution in [0.3, 0.4) is 0 Å². The third-order valence-corrected chi connectivity index (χ3v) is 7.52. The van der Waals surface area contributed by atoms with Gasteiger partial charge in [-0.2, -0.15) is 0 Å². The minimum absolute atomic E-state index is 0.186. The lowest BCUT2D eigenvalue weighted by atomic mass is 9.99. The molecule has 0 saturated carbocycles. The van der Waals surface area contributed by atoms with Gasteiger partial charge in [-0.1, -0.05) is 129 Å². The fourth-order valence-corrected chi connectivity index (χ4v) is 4.99. The van der Waals surface area contributed by atoms with Gasteiger partial charge < -0.3 is 14.8 Å². The van der Waals surface area contributed by atoms with Crippen LogP contribution in [0, 0.1) is 0 Å². The molecule has 0 spiro atoms. The highest BCUT2D eigenvalue weighted by molar-refractivity contribution is 5.98. The molecule has 0 saturated heterocycles. The van der Waals surface area contributed by atoms with Gasteiger partial charge >= 0.3 is 11.9 Å². The predicted octanol–water partition coefficient (Wildman–Crippen LogP) is 9.11. The first-order valence-corrected chi connectivity index (χ1v) is 16.0. The van der Waals surface area contributed by atoms with E-state index in [2.05, 4.69) is 19.2 Å². The zero-order chi connectivity index (χ0) is 27.8. The van der Waals surface area contributed by atoms with Gasteiger partial charge in [-0.25, -0.2) is 9.59 Å². The Hall–Kier alpha value is -1.78. The van der Waals surface area contributed by atoms with Gasteiger partial charge in [-0.05, 0) is 32.8 Å². The molecule has 220 valence electrons. The molecule has 1 N–H and O–H groups in total. The fraction of sp³-hybridized carbons (Fsp3) is 0.818. The number of unbranched alkanes of at least 4 members (excludes halogenated alkanes) is 18. The van der Waals surface area contributed by atoms with Gasteiger partial charge in [0.25, 0.3) is 0 Å². The first-order valence-electron chi connectivity index (χ1n) is 16.0. The maximum Gasteiger partial charge on any atom is 0.339 e. The van der Waals surface area contributed by atoms with E-state index in [0.29, 0.717) is 24.4 Å². The van der Waals surface area contributed by atoms with Crippen molar-refractivity contribution in [3.63, 3.8) is 0 Å². The van der Waals surface area contributed by atoms with E-state index in [4.69, 9.17) is 9.47 Å². The molecule has 5 heteroatoms. The molecule has 0 aromatic carbocycles. The summed E-state index contributed by atoms with van der Waals surface area (Å²) in [7, 11) is 0. The third kappa shape index (κ3) is 16.2. The van der Waals surface area contributed by atoms with E-state index in [1.54, 1.807) is 6.08 Å². The van der Waals surface area contributed by atoms with E-state index in [-0.39, 0.29) is 18.0 Å². The van der Waals surface area contributed by atoms with Crippen LogP contribution in [0.15, 0.2) is 22.9 Å². The number of esters is 2. The highest BCUT2D eigenvalue weighted by Crippen LogP contribution is 2.20. The van der Waals surface area contributed by atoms with Crippen molar-refractivity contribution in [1.82, 2.24) is 5.32 Å². The van der Waals surface area contributed by atoms with Crippen molar-refractivity contribution in [2.24, 2.45) is 0 Å². The monoisotopic (exact) mass is 533 g/mol. The Morgan fingerprint density at radius 1 is 0.632 bits per heavy atom. The second kappa shape index (κ2) is 23.1. The van der Waals surface area contributed by atoms with Crippen LogP contribution in [0.5, 0.6) is 0 Å². The Labute approximate surface area is 234 Å². The third-order valence-electron chi connectivity index (χ3n) is 7.52. The number of dihydropyridines is 1. The second-order valence-electron chi connectivity index (χ2n) is 11.1. The normalized spacial score (nSPS) is 15.3. The SMILES string of the molecule is CCCCCCCCCCCCOC(=O)C1=CC(C(=O)OCCCCCCCCCCCC)=C(C)NC1C. The molecule has 38 heavy (non-hydrogen) atoms. The minimum atomic E-state index is -0.363. The zero-order valence-electron chi connectivity index (χ0n) is 25.3. The average Bonchev–Trinajstić information content (AvgIpc) is 2.90. The smallest absolute Gasteiger partial charge is 0.339 e. The van der Waals surface area contributed by atoms with Crippen molar-refractivity contribution in [3.8, 4) is 0 Å². The molecule has 1 heterocycles. The van der Waals surface area contributed by atoms with E-state index >= 15 is 0 Å². The van der Waals surface area contributed by atoms with E-state index in [1.807, 2.05) is 13.8 Å². The standard InChI is InChI=1S/C33H59NO4/c1-5-7-9-11-13-15-17-19-21-23-25-37-32(35)30-27-31(29(4)34-28(30)3)33(36)38-26-24-22-20-18-16-14-12-10-8-6-2/h27-28,34H,5-26H2,1-4H3. The Bertz CT molecular complexity index is 697. The highest BCUT2D eigenvalue weighted by atomic mass is 16.5. The quantitative estimate of drug-likeness (QED) is 0.0990. The van der Waals surface area contributed by atoms with E-state index < -0.39 is 0 Å². The number of ether oxygens (including phenoxy) is 2. The van der Waals surface area contributed by atoms with Crippen LogP contribution in [0.4, 0.5) is 0 Å². The van der Waals surface area contributed by atoms with E-state index in [1.165, 1.54) is 103 Å². The first-order chi connectivity index (χ1) is 18.5. The molecule has 5 nitrogen and oxygen atoms in total. The number of nitrogens with one attached hydrogen (secondary N) is 1. The summed E-state index contributed by atoms with van der Waals surface area (Å²) in [5.41, 5.74) is 1.67. The molecular formula is C33H59NO4. The minimum Gasteiger partial charge on any atom is -0.462 e. The summed E-state index contributed by atoms with van der Waals surface area (Å²) in [5, 5.41) is 3.24. The van der Waals surface area contributed by atoms with Crippen LogP contribution in [-0.4, -0.2) is 31.2 Å². The van der Waals surface area contributed by atoms with Crippen LogP contribution in [0.2, 0.25) is 0 Å². The van der Waals surface area contributed by atoms with Gasteiger partial charge in [-0.3, -0.25) is 0 Å². The van der Waals surface area contributed by atoms with Crippen molar-refractivity contribution >= 4 is 11.9 Å². The molecule has 0 amide bonds. The van der Waals surface area contributed by atoms with Gasteiger partial charge in [0, 0.05) is 5.70 Å². The number of allylic oxidation sites excluding steroid dienone is 1. The summed E-state index contributed by atoms with van der Waals surface area (Å²) in [6, 6.07) is -0.186. The van der Waals surface area contributed by atoms with Crippen LogP contribution in [0.1, 0.15) is 156 Å². The lowest BCUT2D eigenvalue weighted by Crippen LogP contribution is -2.35. The number of rotatable bonds is 24. The predicted molar refractivity (Wildman–Crippen MR) is 159 cm³/mol. The Morgan fingerprint density at radius 2 is 1.00 bits per heavy atom. The zero-order valence-corrected chi connectivity index (χ0v) is 25.3. The topological polar surface area (TPSA) is 64.6 Å². The van der Waals surface area contributed by atoms with Crippen molar-refractivity contribution in [2.45, 2.75) is 162 Å². The number of hydrogen-bond donors (Lipinski definition) is 1. The van der Waals surface area contributed by atoms with Crippen LogP contribution >= 0.6 is 0 Å². The van der Waals surface area contributed by atoms with Crippen molar-refractivity contribution in [3.05, 3.63) is 22.9 Å². The van der Waals surface area contributed by atoms with Crippen molar-refractivity contribution in [1.29, 1.82) is 0 Å². The van der Waals surface area contributed by atoms with E-state index in [9.17, 15) is 9.59 Å². The summed E-state index contributed by atoms with van der Waals surface area (Å²) in [6.07, 6.45) is 26.6. The molecule has 0 aliphatic carbocycles. The first kappa shape index (κ1) is 34.2. The largest absolute Gasteiger partial charge is 0.462 e. The molecule has 1 aliphatic heterocycles. The molecule has 1 atom stereocenters. The summed E-state index contributed by atoms with van der Waals surface area (Å²) < 4.78 is 11.1. The number of carbonyl (C=O) groups excluding carboxylic acids is 2. The molecule has 0 radical (unpaired) electrons. The molecule has 1 rings (SSSR count). The molecule has 1 aliphatic rings. The molecular weight excluding hydrogens is 474 g/mol. The Kier molecular flexibility index (Phi) is 20.9. The van der Waals surface area contributed by atoms with Crippen LogP contribution in [-0.2, 0) is 19.1 Å². The van der Waals surface area contributed by atoms with Gasteiger partial charge in [0.15, 0.2) is 0 Å². The molecule has 0 aromatic heterocycles. The maximum atomic E-state index is 12.7. The molecule has 0 fully saturated rings. The van der Waals surface area contributed by atoms with Crippen molar-refractivity contribution in [2.75, 3.05) is 13.2 Å². The molecule has 0 aromatic rings. The Balaban J connectivity index is 2.23. The number of carbonyl (C=O) groups is 2. The van der Waals surface area contributed by atoms with Crippen LogP contribution < -0.4 is 5.32 Å². The molecule has 0 bridgehead atoms. The lowest BCUT2D eigenvalue weighted by molar-refractivity contribution is -0.139. The highest BCUT2D eigenvalue weighted by Gasteiger charge is 2.27. The van der Waals surface area contributed by atoms with Gasteiger partial charge in [0.05, 0.1) is 30.4 Å². The average molecular weight is 534 g/mol. The fourth-order valence-electron chi connectivity index (χ4n) is 4.99. The van der Waals surface area contributed by atoms with E-state index in [0.717, 1.165) is 31.4 Å². The van der Waals surface area contributed by atoms with Crippen LogP contribution in [0.25, 0.3) is 0 Å². The summed E-state index contributed by atoms with van der Waals surface area (Å²) in [4.78, 5) is 25.4. The maximum absolute atomic E-state index is 12.7. The second-order valence-corrected chi connectivity index (χ2v) is 11.1. The van der Waals surface area contributed by atoms with Gasteiger partial charge in [0.1, 0.15) is 0 Å². The van der Waals surface area contributed by atoms with Gasteiger partial charge in [0.2, 0.25) is 0 Å². The Morgan fingerprint density at radius 3 is 1.42 bits per heavy atom.